The summed E-state index contributed by atoms with van der Waals surface area (Å²) in [6, 6.07) is 5.17. The van der Waals surface area contributed by atoms with Gasteiger partial charge in [0.2, 0.25) is 0 Å². The summed E-state index contributed by atoms with van der Waals surface area (Å²) in [6.07, 6.45) is 11.5. The van der Waals surface area contributed by atoms with E-state index in [0.717, 1.165) is 49.2 Å². The molecule has 0 saturated carbocycles. The second-order valence-corrected chi connectivity index (χ2v) is 8.37. The molecule has 5 nitrogen and oxygen atoms in total. The van der Waals surface area contributed by atoms with Crippen molar-refractivity contribution in [2.24, 2.45) is 4.99 Å². The van der Waals surface area contributed by atoms with Gasteiger partial charge in [-0.2, -0.15) is 0 Å². The highest BCUT2D eigenvalue weighted by atomic mass is 15.2. The molecule has 0 aliphatic carbocycles. The second-order valence-electron chi connectivity index (χ2n) is 8.37. The standard InChI is InChI=1S/C23H39N5/c1-19-11-9-17-27(19)18-10-12-21(24-2)20-13-14-22(26-23(20)25-3)28-15-7-5-4-6-8-16-28/h13-14,19H,4-12,15-18H2,1-3H3,(H,25,26)/b24-21-. The summed E-state index contributed by atoms with van der Waals surface area (Å²) in [5.41, 5.74) is 2.33. The van der Waals surface area contributed by atoms with Gasteiger partial charge in [-0.05, 0) is 70.7 Å². The molecule has 0 aromatic carbocycles. The van der Waals surface area contributed by atoms with E-state index in [1.165, 1.54) is 63.7 Å². The third kappa shape index (κ3) is 5.47. The number of hydrogen-bond acceptors (Lipinski definition) is 5. The fraction of sp³-hybridized carbons (Fsp3) is 0.739. The van der Waals surface area contributed by atoms with Crippen molar-refractivity contribution in [3.63, 3.8) is 0 Å². The fourth-order valence-corrected chi connectivity index (χ4v) is 4.67. The number of aliphatic imine (C=N–C) groups is 1. The monoisotopic (exact) mass is 385 g/mol. The van der Waals surface area contributed by atoms with Crippen molar-refractivity contribution >= 4 is 17.3 Å². The molecule has 2 fully saturated rings. The van der Waals surface area contributed by atoms with E-state index in [4.69, 9.17) is 4.98 Å². The molecule has 3 rings (SSSR count). The Bertz CT molecular complexity index is 634. The molecule has 156 valence electrons. The van der Waals surface area contributed by atoms with Crippen LogP contribution in [0.1, 0.15) is 70.3 Å². The smallest absolute Gasteiger partial charge is 0.137 e. The number of hydrogen-bond donors (Lipinski definition) is 1. The minimum absolute atomic E-state index is 0.744. The van der Waals surface area contributed by atoms with Gasteiger partial charge in [0.1, 0.15) is 11.6 Å². The predicted octanol–water partition coefficient (Wildman–Crippen LogP) is 4.58. The largest absolute Gasteiger partial charge is 0.373 e. The zero-order chi connectivity index (χ0) is 19.8. The van der Waals surface area contributed by atoms with Crippen LogP contribution in [0.3, 0.4) is 0 Å². The molecule has 5 heteroatoms. The number of rotatable bonds is 7. The lowest BCUT2D eigenvalue weighted by atomic mass is 10.0. The van der Waals surface area contributed by atoms with Crippen LogP contribution in [0.4, 0.5) is 11.6 Å². The highest BCUT2D eigenvalue weighted by molar-refractivity contribution is 6.04. The summed E-state index contributed by atoms with van der Waals surface area (Å²) in [7, 11) is 3.89. The summed E-state index contributed by atoms with van der Waals surface area (Å²) in [6.45, 7) is 7.03. The maximum Gasteiger partial charge on any atom is 0.137 e. The maximum atomic E-state index is 4.98. The summed E-state index contributed by atoms with van der Waals surface area (Å²) < 4.78 is 0. The number of likely N-dealkylation sites (tertiary alicyclic amines) is 1. The van der Waals surface area contributed by atoms with Gasteiger partial charge in [-0.25, -0.2) is 4.98 Å². The second kappa shape index (κ2) is 10.8. The molecule has 0 amide bonds. The fourth-order valence-electron chi connectivity index (χ4n) is 4.67. The number of aromatic nitrogens is 1. The SMILES string of the molecule is C/N=C(/CCCN1CCCC1C)c1ccc(N2CCCCCCC2)nc1NC. The van der Waals surface area contributed by atoms with Gasteiger partial charge in [-0.15, -0.1) is 0 Å². The highest BCUT2D eigenvalue weighted by Crippen LogP contribution is 2.24. The van der Waals surface area contributed by atoms with Crippen LogP contribution in [0.2, 0.25) is 0 Å². The summed E-state index contributed by atoms with van der Waals surface area (Å²) in [5.74, 6) is 2.08. The van der Waals surface area contributed by atoms with Crippen molar-refractivity contribution in [2.75, 3.05) is 50.5 Å². The van der Waals surface area contributed by atoms with E-state index in [1.807, 2.05) is 14.1 Å². The quantitative estimate of drug-likeness (QED) is 0.698. The average molecular weight is 386 g/mol. The maximum absolute atomic E-state index is 4.98. The molecular weight excluding hydrogens is 346 g/mol. The topological polar surface area (TPSA) is 43.8 Å². The van der Waals surface area contributed by atoms with Crippen LogP contribution < -0.4 is 10.2 Å². The molecule has 1 unspecified atom stereocenters. The Morgan fingerprint density at radius 3 is 2.50 bits per heavy atom. The summed E-state index contributed by atoms with van der Waals surface area (Å²) >= 11 is 0. The number of anilines is 2. The van der Waals surface area contributed by atoms with Crippen molar-refractivity contribution in [1.29, 1.82) is 0 Å². The average Bonchev–Trinajstić information content (AvgIpc) is 3.10. The van der Waals surface area contributed by atoms with Gasteiger partial charge in [0.25, 0.3) is 0 Å². The van der Waals surface area contributed by atoms with E-state index < -0.39 is 0 Å². The number of nitrogens with one attached hydrogen (secondary N) is 1. The number of nitrogens with zero attached hydrogens (tertiary/aromatic N) is 4. The van der Waals surface area contributed by atoms with Crippen molar-refractivity contribution in [3.8, 4) is 0 Å². The Labute approximate surface area is 171 Å². The van der Waals surface area contributed by atoms with E-state index in [-0.39, 0.29) is 0 Å². The Morgan fingerprint density at radius 1 is 1.11 bits per heavy atom. The van der Waals surface area contributed by atoms with Gasteiger partial charge in [0.15, 0.2) is 0 Å². The van der Waals surface area contributed by atoms with Crippen molar-refractivity contribution in [3.05, 3.63) is 17.7 Å². The molecular formula is C23H39N5. The molecule has 0 bridgehead atoms. The number of pyridine rings is 1. The summed E-state index contributed by atoms with van der Waals surface area (Å²) in [4.78, 5) is 14.7. The van der Waals surface area contributed by atoms with Crippen molar-refractivity contribution in [1.82, 2.24) is 9.88 Å². The van der Waals surface area contributed by atoms with Crippen molar-refractivity contribution in [2.45, 2.75) is 70.8 Å². The molecule has 2 saturated heterocycles. The Morgan fingerprint density at radius 2 is 1.86 bits per heavy atom. The minimum Gasteiger partial charge on any atom is -0.373 e. The molecule has 28 heavy (non-hydrogen) atoms. The first-order valence-electron chi connectivity index (χ1n) is 11.4. The van der Waals surface area contributed by atoms with Gasteiger partial charge in [-0.3, -0.25) is 4.99 Å². The first-order valence-corrected chi connectivity index (χ1v) is 11.4. The van der Waals surface area contributed by atoms with Crippen LogP contribution in [-0.2, 0) is 0 Å². The molecule has 2 aliphatic heterocycles. The van der Waals surface area contributed by atoms with E-state index >= 15 is 0 Å². The van der Waals surface area contributed by atoms with E-state index in [1.54, 1.807) is 0 Å². The Kier molecular flexibility index (Phi) is 8.13. The molecule has 0 spiro atoms. The van der Waals surface area contributed by atoms with Crippen LogP contribution in [0, 0.1) is 0 Å². The van der Waals surface area contributed by atoms with E-state index in [0.29, 0.717) is 0 Å². The molecule has 1 atom stereocenters. The van der Waals surface area contributed by atoms with Crippen LogP contribution in [-0.4, -0.2) is 61.9 Å². The van der Waals surface area contributed by atoms with E-state index in [2.05, 4.69) is 39.2 Å². The van der Waals surface area contributed by atoms with Crippen LogP contribution >= 0.6 is 0 Å². The lowest BCUT2D eigenvalue weighted by Crippen LogP contribution is -2.28. The molecule has 3 heterocycles. The van der Waals surface area contributed by atoms with Crippen LogP contribution in [0.15, 0.2) is 17.1 Å². The predicted molar refractivity (Wildman–Crippen MR) is 121 cm³/mol. The third-order valence-corrected chi connectivity index (χ3v) is 6.43. The minimum atomic E-state index is 0.744. The van der Waals surface area contributed by atoms with Crippen LogP contribution in [0.5, 0.6) is 0 Å². The lowest BCUT2D eigenvalue weighted by molar-refractivity contribution is 0.267. The Balaban J connectivity index is 1.65. The zero-order valence-corrected chi connectivity index (χ0v) is 18.2. The third-order valence-electron chi connectivity index (χ3n) is 6.43. The van der Waals surface area contributed by atoms with Gasteiger partial charge in [0.05, 0.1) is 0 Å². The normalized spacial score (nSPS) is 22.2. The van der Waals surface area contributed by atoms with Crippen LogP contribution in [0.25, 0.3) is 0 Å². The van der Waals surface area contributed by atoms with Gasteiger partial charge in [0, 0.05) is 44.5 Å². The first kappa shape index (κ1) is 21.1. The van der Waals surface area contributed by atoms with Gasteiger partial charge < -0.3 is 15.1 Å². The molecule has 0 radical (unpaired) electrons. The Hall–Kier alpha value is -1.62. The molecule has 1 N–H and O–H groups in total. The summed E-state index contributed by atoms with van der Waals surface area (Å²) in [5, 5.41) is 3.33. The first-order chi connectivity index (χ1) is 13.7. The molecule has 1 aromatic heterocycles. The molecule has 1 aromatic rings. The lowest BCUT2D eigenvalue weighted by Gasteiger charge is -2.26. The van der Waals surface area contributed by atoms with Crippen molar-refractivity contribution < 1.29 is 0 Å². The molecule has 2 aliphatic rings. The van der Waals surface area contributed by atoms with E-state index in [9.17, 15) is 0 Å². The highest BCUT2D eigenvalue weighted by Gasteiger charge is 2.20. The van der Waals surface area contributed by atoms with Gasteiger partial charge >= 0.3 is 0 Å². The zero-order valence-electron chi connectivity index (χ0n) is 18.2. The van der Waals surface area contributed by atoms with Gasteiger partial charge in [-0.1, -0.05) is 19.3 Å².